The topological polar surface area (TPSA) is 54.9 Å². The number of nitrogens with one attached hydrogen (secondary N) is 1. The Morgan fingerprint density at radius 1 is 1.16 bits per heavy atom. The summed E-state index contributed by atoms with van der Waals surface area (Å²) in [5.41, 5.74) is 0. The van der Waals surface area contributed by atoms with Crippen LogP contribution in [0.4, 0.5) is 5.82 Å². The van der Waals surface area contributed by atoms with E-state index < -0.39 is 0 Å². The van der Waals surface area contributed by atoms with Gasteiger partial charge in [0.25, 0.3) is 0 Å². The van der Waals surface area contributed by atoms with Crippen LogP contribution in [0, 0.1) is 0 Å². The van der Waals surface area contributed by atoms with Gasteiger partial charge in [0.15, 0.2) is 11.0 Å². The van der Waals surface area contributed by atoms with Crippen LogP contribution in [-0.2, 0) is 4.79 Å². The molecule has 1 aromatic heterocycles. The molecule has 0 aliphatic carbocycles. The number of carbonyl (C=O) groups is 1. The Bertz CT molecular complexity index is 413. The Morgan fingerprint density at radius 2 is 1.84 bits per heavy atom. The van der Waals surface area contributed by atoms with Crippen LogP contribution in [0.3, 0.4) is 0 Å². The van der Waals surface area contributed by atoms with Crippen LogP contribution in [0.5, 0.6) is 0 Å². The zero-order chi connectivity index (χ0) is 14.1. The van der Waals surface area contributed by atoms with Crippen molar-refractivity contribution in [1.29, 1.82) is 0 Å². The maximum absolute atomic E-state index is 11.7. The van der Waals surface area contributed by atoms with Gasteiger partial charge in [-0.3, -0.25) is 4.79 Å². The van der Waals surface area contributed by atoms with E-state index >= 15 is 0 Å². The lowest BCUT2D eigenvalue weighted by Crippen LogP contribution is -2.12. The van der Waals surface area contributed by atoms with E-state index in [0.29, 0.717) is 6.42 Å². The van der Waals surface area contributed by atoms with Crippen molar-refractivity contribution >= 4 is 34.9 Å². The molecule has 4 nitrogen and oxygen atoms in total. The van der Waals surface area contributed by atoms with Crippen molar-refractivity contribution in [2.75, 3.05) is 5.32 Å². The predicted molar refractivity (Wildman–Crippen MR) is 78.7 cm³/mol. The highest BCUT2D eigenvalue weighted by Crippen LogP contribution is 2.25. The maximum atomic E-state index is 11.7. The summed E-state index contributed by atoms with van der Waals surface area (Å²) in [6.45, 7) is 2.18. The Labute approximate surface area is 123 Å². The van der Waals surface area contributed by atoms with Gasteiger partial charge in [0.1, 0.15) is 11.3 Å². The number of unbranched alkanes of at least 4 members (excludes halogenated alkanes) is 5. The van der Waals surface area contributed by atoms with E-state index in [0.717, 1.165) is 12.8 Å². The molecule has 1 heterocycles. The molecule has 0 aromatic carbocycles. The second-order valence-electron chi connectivity index (χ2n) is 4.39. The minimum absolute atomic E-state index is 0.0906. The molecule has 19 heavy (non-hydrogen) atoms. The molecule has 0 aliphatic rings. The van der Waals surface area contributed by atoms with E-state index in [2.05, 4.69) is 22.2 Å². The van der Waals surface area contributed by atoms with Gasteiger partial charge in [0.05, 0.1) is 0 Å². The zero-order valence-corrected chi connectivity index (χ0v) is 12.6. The van der Waals surface area contributed by atoms with Gasteiger partial charge in [-0.2, -0.15) is 0 Å². The summed E-state index contributed by atoms with van der Waals surface area (Å²) < 4.78 is 0. The van der Waals surface area contributed by atoms with Crippen LogP contribution < -0.4 is 5.32 Å². The van der Waals surface area contributed by atoms with Crippen molar-refractivity contribution in [1.82, 2.24) is 9.97 Å². The van der Waals surface area contributed by atoms with Gasteiger partial charge in [-0.15, -0.1) is 0 Å². The Morgan fingerprint density at radius 3 is 2.58 bits per heavy atom. The molecule has 0 bridgehead atoms. The number of hydrogen-bond donors (Lipinski definition) is 1. The number of carbonyl (C=O) groups excluding carboxylic acids is 1. The first kappa shape index (κ1) is 16.2. The van der Waals surface area contributed by atoms with Crippen molar-refractivity contribution in [2.24, 2.45) is 0 Å². The summed E-state index contributed by atoms with van der Waals surface area (Å²) >= 11 is 11.6. The maximum Gasteiger partial charge on any atom is 0.225 e. The van der Waals surface area contributed by atoms with E-state index in [4.69, 9.17) is 23.2 Å². The molecule has 0 saturated heterocycles. The quantitative estimate of drug-likeness (QED) is 0.569. The van der Waals surface area contributed by atoms with Gasteiger partial charge in [0, 0.05) is 6.42 Å². The smallest absolute Gasteiger partial charge is 0.225 e. The second-order valence-corrected chi connectivity index (χ2v) is 5.13. The molecular weight excluding hydrogens is 285 g/mol. The fourth-order valence-corrected chi connectivity index (χ4v) is 1.97. The second kappa shape index (κ2) is 9.10. The lowest BCUT2D eigenvalue weighted by Gasteiger charge is -2.06. The van der Waals surface area contributed by atoms with Crippen molar-refractivity contribution in [3.63, 3.8) is 0 Å². The van der Waals surface area contributed by atoms with Crippen molar-refractivity contribution < 1.29 is 4.79 Å². The van der Waals surface area contributed by atoms with Gasteiger partial charge in [-0.1, -0.05) is 62.2 Å². The van der Waals surface area contributed by atoms with Gasteiger partial charge in [-0.25, -0.2) is 9.97 Å². The summed E-state index contributed by atoms with van der Waals surface area (Å²) in [6, 6.07) is 0. The number of rotatable bonds is 8. The largest absolute Gasteiger partial charge is 0.309 e. The van der Waals surface area contributed by atoms with Gasteiger partial charge < -0.3 is 5.32 Å². The number of aromatic nitrogens is 2. The fraction of sp³-hybridized carbons (Fsp3) is 0.615. The first-order chi connectivity index (χ1) is 9.15. The van der Waals surface area contributed by atoms with Gasteiger partial charge in [-0.05, 0) is 6.42 Å². The third kappa shape index (κ3) is 6.21. The monoisotopic (exact) mass is 303 g/mol. The highest BCUT2D eigenvalue weighted by Gasteiger charge is 2.10. The van der Waals surface area contributed by atoms with E-state index in [1.807, 2.05) is 0 Å². The lowest BCUT2D eigenvalue weighted by molar-refractivity contribution is -0.116. The van der Waals surface area contributed by atoms with Gasteiger partial charge in [0.2, 0.25) is 5.91 Å². The Hall–Kier alpha value is -0.870. The predicted octanol–water partition coefficient (Wildman–Crippen LogP) is 4.47. The summed E-state index contributed by atoms with van der Waals surface area (Å²) in [5, 5.41) is 2.97. The Balaban J connectivity index is 2.26. The zero-order valence-electron chi connectivity index (χ0n) is 11.1. The van der Waals surface area contributed by atoms with E-state index in [1.54, 1.807) is 0 Å². The number of hydrogen-bond acceptors (Lipinski definition) is 3. The summed E-state index contributed by atoms with van der Waals surface area (Å²) in [4.78, 5) is 19.3. The summed E-state index contributed by atoms with van der Waals surface area (Å²) in [7, 11) is 0. The van der Waals surface area contributed by atoms with Crippen LogP contribution >= 0.6 is 23.2 Å². The molecule has 1 rings (SSSR count). The minimum atomic E-state index is -0.0906. The van der Waals surface area contributed by atoms with Crippen LogP contribution in [0.25, 0.3) is 0 Å². The molecule has 106 valence electrons. The average molecular weight is 304 g/mol. The molecule has 0 atom stereocenters. The van der Waals surface area contributed by atoms with Crippen LogP contribution in [0.2, 0.25) is 10.2 Å². The number of anilines is 1. The van der Waals surface area contributed by atoms with Crippen LogP contribution in [0.15, 0.2) is 6.33 Å². The normalized spacial score (nSPS) is 10.5. The first-order valence-corrected chi connectivity index (χ1v) is 7.36. The minimum Gasteiger partial charge on any atom is -0.309 e. The van der Waals surface area contributed by atoms with E-state index in [9.17, 15) is 4.79 Å². The molecule has 0 fully saturated rings. The molecule has 0 unspecified atom stereocenters. The van der Waals surface area contributed by atoms with E-state index in [-0.39, 0.29) is 21.9 Å². The number of amides is 1. The first-order valence-electron chi connectivity index (χ1n) is 6.61. The molecule has 1 aromatic rings. The highest BCUT2D eigenvalue weighted by molar-refractivity contribution is 6.42. The van der Waals surface area contributed by atoms with Crippen LogP contribution in [0.1, 0.15) is 51.9 Å². The number of halogens is 2. The molecular formula is C13H19Cl2N3O. The average Bonchev–Trinajstić information content (AvgIpc) is 2.39. The van der Waals surface area contributed by atoms with Crippen LogP contribution in [-0.4, -0.2) is 15.9 Å². The third-order valence-corrected chi connectivity index (χ3v) is 3.50. The standard InChI is InChI=1S/C13H19Cl2N3O/c1-2-3-4-5-6-7-8-10(19)18-13-11(14)12(15)16-9-17-13/h9H,2-8H2,1H3,(H,16,17,18,19). The van der Waals surface area contributed by atoms with Crippen molar-refractivity contribution in [2.45, 2.75) is 51.9 Å². The molecule has 6 heteroatoms. The van der Waals surface area contributed by atoms with E-state index in [1.165, 1.54) is 32.0 Å². The summed E-state index contributed by atoms with van der Waals surface area (Å²) in [5.74, 6) is 0.185. The van der Waals surface area contributed by atoms with Crippen molar-refractivity contribution in [3.8, 4) is 0 Å². The summed E-state index contributed by atoms with van der Waals surface area (Å²) in [6.07, 6.45) is 8.62. The molecule has 0 aliphatic heterocycles. The lowest BCUT2D eigenvalue weighted by atomic mass is 10.1. The van der Waals surface area contributed by atoms with Crippen molar-refractivity contribution in [3.05, 3.63) is 16.5 Å². The molecule has 1 amide bonds. The number of nitrogens with zero attached hydrogens (tertiary/aromatic N) is 2. The molecule has 0 spiro atoms. The SMILES string of the molecule is CCCCCCCCC(=O)Nc1ncnc(Cl)c1Cl. The van der Waals surface area contributed by atoms with Gasteiger partial charge >= 0.3 is 0 Å². The molecule has 1 N–H and O–H groups in total. The third-order valence-electron chi connectivity index (χ3n) is 2.76. The molecule has 0 saturated carbocycles. The fourth-order valence-electron chi connectivity index (χ4n) is 1.70. The molecule has 0 radical (unpaired) electrons. The Kier molecular flexibility index (Phi) is 7.75. The highest BCUT2D eigenvalue weighted by atomic mass is 35.5.